The average Bonchev–Trinajstić information content (AvgIpc) is 2.21. The molecular formula is C9H20N2O3. The summed E-state index contributed by atoms with van der Waals surface area (Å²) in [5.74, 6) is 0.277. The zero-order chi connectivity index (χ0) is 10.6. The number of hydrogen-bond acceptors (Lipinski definition) is 4. The summed E-state index contributed by atoms with van der Waals surface area (Å²) < 4.78 is 10.4. The lowest BCUT2D eigenvalue weighted by Crippen LogP contribution is -2.11. The monoisotopic (exact) mass is 204 g/mol. The molecule has 5 heteroatoms. The van der Waals surface area contributed by atoms with Gasteiger partial charge >= 0.3 is 0 Å². The van der Waals surface area contributed by atoms with Crippen molar-refractivity contribution in [1.29, 1.82) is 0 Å². The summed E-state index contributed by atoms with van der Waals surface area (Å²) in [5.41, 5.74) is 5.29. The lowest BCUT2D eigenvalue weighted by Gasteiger charge is -2.03. The first kappa shape index (κ1) is 13.2. The molecule has 5 nitrogen and oxygen atoms in total. The predicted molar refractivity (Wildman–Crippen MR) is 54.6 cm³/mol. The Morgan fingerprint density at radius 2 is 1.93 bits per heavy atom. The molecule has 0 fully saturated rings. The van der Waals surface area contributed by atoms with Crippen molar-refractivity contribution >= 4 is 5.84 Å². The Balaban J connectivity index is 2.99. The first-order valence-electron chi connectivity index (χ1n) is 4.93. The van der Waals surface area contributed by atoms with Gasteiger partial charge in [-0.05, 0) is 19.8 Å². The van der Waals surface area contributed by atoms with E-state index < -0.39 is 0 Å². The predicted octanol–water partition coefficient (Wildman–Crippen LogP) is 0.956. The zero-order valence-electron chi connectivity index (χ0n) is 8.74. The van der Waals surface area contributed by atoms with Crippen molar-refractivity contribution in [2.75, 3.05) is 26.4 Å². The van der Waals surface area contributed by atoms with E-state index in [1.165, 1.54) is 0 Å². The maximum absolute atomic E-state index is 8.25. The van der Waals surface area contributed by atoms with Crippen LogP contribution in [0.3, 0.4) is 0 Å². The van der Waals surface area contributed by atoms with Gasteiger partial charge in [0, 0.05) is 19.6 Å². The number of oxime groups is 1. The molecule has 0 aromatic rings. The van der Waals surface area contributed by atoms with Crippen molar-refractivity contribution in [1.82, 2.24) is 0 Å². The summed E-state index contributed by atoms with van der Waals surface area (Å²) in [6.45, 7) is 4.67. The van der Waals surface area contributed by atoms with E-state index in [1.807, 2.05) is 6.92 Å². The first-order valence-corrected chi connectivity index (χ1v) is 4.93. The molecule has 0 saturated carbocycles. The molecule has 0 amide bonds. The molecule has 84 valence electrons. The minimum Gasteiger partial charge on any atom is -0.409 e. The SMILES string of the molecule is CCOCCOCCCCC(N)=NO. The Morgan fingerprint density at radius 3 is 2.57 bits per heavy atom. The topological polar surface area (TPSA) is 77.1 Å². The van der Waals surface area contributed by atoms with Crippen molar-refractivity contribution in [2.45, 2.75) is 26.2 Å². The number of rotatable bonds is 9. The highest BCUT2D eigenvalue weighted by atomic mass is 16.5. The van der Waals surface area contributed by atoms with Crippen LogP contribution in [0.25, 0.3) is 0 Å². The van der Waals surface area contributed by atoms with Gasteiger partial charge in [0.2, 0.25) is 0 Å². The minimum absolute atomic E-state index is 0.277. The molecule has 0 aliphatic carbocycles. The number of unbranched alkanes of at least 4 members (excludes halogenated alkanes) is 1. The third-order valence-electron chi connectivity index (χ3n) is 1.68. The van der Waals surface area contributed by atoms with Crippen molar-refractivity contribution in [2.24, 2.45) is 10.9 Å². The van der Waals surface area contributed by atoms with Crippen molar-refractivity contribution in [3.8, 4) is 0 Å². The normalized spacial score (nSPS) is 11.9. The second-order valence-corrected chi connectivity index (χ2v) is 2.86. The standard InChI is InChI=1S/C9H20N2O3/c1-2-13-7-8-14-6-4-3-5-9(10)11-12/h12H,2-8H2,1H3,(H2,10,11). The molecule has 0 rings (SSSR count). The van der Waals surface area contributed by atoms with E-state index in [0.29, 0.717) is 26.2 Å². The van der Waals surface area contributed by atoms with Crippen LogP contribution in [-0.2, 0) is 9.47 Å². The van der Waals surface area contributed by atoms with Gasteiger partial charge in [0.1, 0.15) is 5.84 Å². The zero-order valence-corrected chi connectivity index (χ0v) is 8.74. The van der Waals surface area contributed by atoms with E-state index in [9.17, 15) is 0 Å². The van der Waals surface area contributed by atoms with Crippen LogP contribution in [-0.4, -0.2) is 37.5 Å². The molecule has 0 bridgehead atoms. The molecule has 0 atom stereocenters. The van der Waals surface area contributed by atoms with Crippen LogP contribution >= 0.6 is 0 Å². The molecule has 0 aromatic carbocycles. The van der Waals surface area contributed by atoms with E-state index in [4.69, 9.17) is 20.4 Å². The van der Waals surface area contributed by atoms with Crippen LogP contribution in [0.4, 0.5) is 0 Å². The van der Waals surface area contributed by atoms with Crippen molar-refractivity contribution < 1.29 is 14.7 Å². The Bertz CT molecular complexity index is 151. The molecule has 0 spiro atoms. The third kappa shape index (κ3) is 9.28. The first-order chi connectivity index (χ1) is 6.81. The van der Waals surface area contributed by atoms with Crippen LogP contribution in [0.5, 0.6) is 0 Å². The van der Waals surface area contributed by atoms with Gasteiger partial charge in [0.25, 0.3) is 0 Å². The summed E-state index contributed by atoms with van der Waals surface area (Å²) in [6.07, 6.45) is 2.41. The summed E-state index contributed by atoms with van der Waals surface area (Å²) >= 11 is 0. The number of nitrogens with zero attached hydrogens (tertiary/aromatic N) is 1. The van der Waals surface area contributed by atoms with Gasteiger partial charge in [-0.3, -0.25) is 0 Å². The molecular weight excluding hydrogens is 184 g/mol. The highest BCUT2D eigenvalue weighted by Gasteiger charge is 1.94. The second kappa shape index (κ2) is 10.3. The Kier molecular flexibility index (Phi) is 9.68. The largest absolute Gasteiger partial charge is 0.409 e. The summed E-state index contributed by atoms with van der Waals surface area (Å²) in [4.78, 5) is 0. The van der Waals surface area contributed by atoms with Crippen LogP contribution in [0.15, 0.2) is 5.16 Å². The van der Waals surface area contributed by atoms with Gasteiger partial charge in [-0.25, -0.2) is 0 Å². The van der Waals surface area contributed by atoms with Crippen LogP contribution < -0.4 is 5.73 Å². The fourth-order valence-electron chi connectivity index (χ4n) is 0.924. The lowest BCUT2D eigenvalue weighted by molar-refractivity contribution is 0.0515. The molecule has 14 heavy (non-hydrogen) atoms. The van der Waals surface area contributed by atoms with Crippen molar-refractivity contribution in [3.63, 3.8) is 0 Å². The van der Waals surface area contributed by atoms with Gasteiger partial charge in [0.15, 0.2) is 0 Å². The minimum atomic E-state index is 0.277. The number of hydrogen-bond donors (Lipinski definition) is 2. The van der Waals surface area contributed by atoms with Crippen LogP contribution in [0.1, 0.15) is 26.2 Å². The fraction of sp³-hybridized carbons (Fsp3) is 0.889. The molecule has 0 aromatic heterocycles. The van der Waals surface area contributed by atoms with Gasteiger partial charge in [-0.2, -0.15) is 0 Å². The van der Waals surface area contributed by atoms with Gasteiger partial charge < -0.3 is 20.4 Å². The van der Waals surface area contributed by atoms with Gasteiger partial charge in [-0.1, -0.05) is 5.16 Å². The Morgan fingerprint density at radius 1 is 1.21 bits per heavy atom. The number of amidine groups is 1. The molecule has 3 N–H and O–H groups in total. The highest BCUT2D eigenvalue weighted by molar-refractivity contribution is 5.79. The molecule has 0 radical (unpaired) electrons. The van der Waals surface area contributed by atoms with E-state index >= 15 is 0 Å². The van der Waals surface area contributed by atoms with Crippen LogP contribution in [0, 0.1) is 0 Å². The van der Waals surface area contributed by atoms with Gasteiger partial charge in [0.05, 0.1) is 13.2 Å². The Hall–Kier alpha value is -0.810. The molecule has 0 aliphatic rings. The Labute approximate surface area is 84.9 Å². The van der Waals surface area contributed by atoms with Gasteiger partial charge in [-0.15, -0.1) is 0 Å². The van der Waals surface area contributed by atoms with Crippen LogP contribution in [0.2, 0.25) is 0 Å². The lowest BCUT2D eigenvalue weighted by atomic mass is 10.2. The second-order valence-electron chi connectivity index (χ2n) is 2.86. The number of nitrogens with two attached hydrogens (primary N) is 1. The van der Waals surface area contributed by atoms with Crippen molar-refractivity contribution in [3.05, 3.63) is 0 Å². The summed E-state index contributed by atoms with van der Waals surface area (Å²) in [6, 6.07) is 0. The number of ether oxygens (including phenoxy) is 2. The average molecular weight is 204 g/mol. The molecule has 0 aliphatic heterocycles. The smallest absolute Gasteiger partial charge is 0.139 e. The van der Waals surface area contributed by atoms with E-state index in [-0.39, 0.29) is 5.84 Å². The fourth-order valence-corrected chi connectivity index (χ4v) is 0.924. The van der Waals surface area contributed by atoms with E-state index in [1.54, 1.807) is 0 Å². The molecule has 0 saturated heterocycles. The maximum atomic E-state index is 8.25. The highest BCUT2D eigenvalue weighted by Crippen LogP contribution is 1.95. The molecule has 0 unspecified atom stereocenters. The van der Waals surface area contributed by atoms with E-state index in [2.05, 4.69) is 5.16 Å². The van der Waals surface area contributed by atoms with E-state index in [0.717, 1.165) is 19.4 Å². The maximum Gasteiger partial charge on any atom is 0.139 e. The summed E-state index contributed by atoms with van der Waals surface area (Å²) in [5, 5.41) is 11.1. The molecule has 0 heterocycles. The third-order valence-corrected chi connectivity index (χ3v) is 1.68. The summed E-state index contributed by atoms with van der Waals surface area (Å²) in [7, 11) is 0. The quantitative estimate of drug-likeness (QED) is 0.193.